The molecule has 4 nitrogen and oxygen atoms in total. The third kappa shape index (κ3) is 2.05. The van der Waals surface area contributed by atoms with Gasteiger partial charge in [0.1, 0.15) is 11.3 Å². The van der Waals surface area contributed by atoms with Crippen LogP contribution in [0.1, 0.15) is 43.3 Å². The molecule has 1 aliphatic rings. The fourth-order valence-corrected chi connectivity index (χ4v) is 3.15. The highest BCUT2D eigenvalue weighted by Crippen LogP contribution is 2.34. The van der Waals surface area contributed by atoms with Crippen molar-refractivity contribution in [1.82, 2.24) is 4.90 Å². The van der Waals surface area contributed by atoms with Crippen molar-refractivity contribution in [2.24, 2.45) is 0 Å². The third-order valence-electron chi connectivity index (χ3n) is 4.59. The Morgan fingerprint density at radius 1 is 1.43 bits per heavy atom. The van der Waals surface area contributed by atoms with Crippen molar-refractivity contribution in [2.75, 3.05) is 6.54 Å². The Morgan fingerprint density at radius 3 is 2.76 bits per heavy atom. The molecule has 1 atom stereocenters. The number of hydrogen-bond acceptors (Lipinski definition) is 3. The normalized spacial score (nSPS) is 21.1. The Labute approximate surface area is 124 Å². The molecule has 2 aromatic rings. The summed E-state index contributed by atoms with van der Waals surface area (Å²) < 4.78 is 5.81. The van der Waals surface area contributed by atoms with Gasteiger partial charge in [-0.15, -0.1) is 0 Å². The van der Waals surface area contributed by atoms with Gasteiger partial charge in [0.25, 0.3) is 5.91 Å². The summed E-state index contributed by atoms with van der Waals surface area (Å²) in [6, 6.07) is 7.63. The second kappa shape index (κ2) is 4.88. The number of benzene rings is 1. The minimum atomic E-state index is -0.541. The summed E-state index contributed by atoms with van der Waals surface area (Å²) in [7, 11) is 0. The van der Waals surface area contributed by atoms with Crippen LogP contribution in [-0.2, 0) is 6.42 Å². The number of carbonyl (C=O) groups excluding carboxylic acids is 1. The van der Waals surface area contributed by atoms with Gasteiger partial charge >= 0.3 is 0 Å². The lowest BCUT2D eigenvalue weighted by atomic mass is 9.97. The molecule has 3 rings (SSSR count). The Morgan fingerprint density at radius 2 is 2.14 bits per heavy atom. The van der Waals surface area contributed by atoms with Crippen molar-refractivity contribution >= 4 is 16.9 Å². The maximum Gasteiger partial charge on any atom is 0.258 e. The topological polar surface area (TPSA) is 53.7 Å². The lowest BCUT2D eigenvalue weighted by molar-refractivity contribution is 0.0394. The first-order chi connectivity index (χ1) is 9.96. The Bertz CT molecular complexity index is 686. The SMILES string of the molecule is CCc1oc2ccccc2c1C(=O)N1CCC(O)C1(C)C. The molecule has 0 aliphatic carbocycles. The Kier molecular flexibility index (Phi) is 3.29. The Balaban J connectivity index is 2.10. The molecular weight excluding hydrogens is 266 g/mol. The van der Waals surface area contributed by atoms with E-state index in [1.807, 2.05) is 45.0 Å². The zero-order chi connectivity index (χ0) is 15.2. The third-order valence-corrected chi connectivity index (χ3v) is 4.59. The number of likely N-dealkylation sites (tertiary alicyclic amines) is 1. The predicted octanol–water partition coefficient (Wildman–Crippen LogP) is 2.98. The lowest BCUT2D eigenvalue weighted by Gasteiger charge is -2.33. The fraction of sp³-hybridized carbons (Fsp3) is 0.471. The van der Waals surface area contributed by atoms with Gasteiger partial charge in [0.05, 0.1) is 17.2 Å². The highest BCUT2D eigenvalue weighted by Gasteiger charge is 2.44. The van der Waals surface area contributed by atoms with E-state index in [4.69, 9.17) is 4.42 Å². The van der Waals surface area contributed by atoms with E-state index in [1.165, 1.54) is 0 Å². The quantitative estimate of drug-likeness (QED) is 0.924. The smallest absolute Gasteiger partial charge is 0.258 e. The molecule has 0 spiro atoms. The molecule has 112 valence electrons. The van der Waals surface area contributed by atoms with Crippen LogP contribution in [0.2, 0.25) is 0 Å². The maximum atomic E-state index is 13.0. The number of aryl methyl sites for hydroxylation is 1. The van der Waals surface area contributed by atoms with Gasteiger partial charge < -0.3 is 14.4 Å². The summed E-state index contributed by atoms with van der Waals surface area (Å²) in [5, 5.41) is 11.0. The summed E-state index contributed by atoms with van der Waals surface area (Å²) in [6.07, 6.45) is 0.812. The molecule has 1 unspecified atom stereocenters. The molecule has 1 saturated heterocycles. The van der Waals surface area contributed by atoms with E-state index in [2.05, 4.69) is 0 Å². The second-order valence-electron chi connectivity index (χ2n) is 6.16. The van der Waals surface area contributed by atoms with Crippen molar-refractivity contribution in [3.8, 4) is 0 Å². The molecule has 0 radical (unpaired) electrons. The molecule has 1 N–H and O–H groups in total. The summed E-state index contributed by atoms with van der Waals surface area (Å²) >= 11 is 0. The molecule has 1 amide bonds. The summed E-state index contributed by atoms with van der Waals surface area (Å²) in [5.74, 6) is 0.678. The highest BCUT2D eigenvalue weighted by atomic mass is 16.3. The van der Waals surface area contributed by atoms with Gasteiger partial charge in [-0.25, -0.2) is 0 Å². The molecule has 1 fully saturated rings. The van der Waals surface area contributed by atoms with Gasteiger partial charge in [-0.1, -0.05) is 25.1 Å². The van der Waals surface area contributed by atoms with E-state index in [9.17, 15) is 9.90 Å². The largest absolute Gasteiger partial charge is 0.460 e. The van der Waals surface area contributed by atoms with Crippen LogP contribution in [0.15, 0.2) is 28.7 Å². The molecule has 1 aromatic carbocycles. The molecule has 1 aliphatic heterocycles. The minimum absolute atomic E-state index is 0.0432. The van der Waals surface area contributed by atoms with E-state index in [0.29, 0.717) is 24.9 Å². The second-order valence-corrected chi connectivity index (χ2v) is 6.16. The van der Waals surface area contributed by atoms with Crippen LogP contribution in [0.25, 0.3) is 11.0 Å². The summed E-state index contributed by atoms with van der Waals surface area (Å²) in [5.41, 5.74) is 0.853. The number of aliphatic hydroxyl groups is 1. The number of amides is 1. The molecule has 0 bridgehead atoms. The van der Waals surface area contributed by atoms with Gasteiger partial charge in [-0.3, -0.25) is 4.79 Å². The summed E-state index contributed by atoms with van der Waals surface area (Å²) in [6.45, 7) is 6.39. The predicted molar refractivity (Wildman–Crippen MR) is 81.3 cm³/mol. The molecular formula is C17H21NO3. The number of aliphatic hydroxyl groups excluding tert-OH is 1. The first-order valence-corrected chi connectivity index (χ1v) is 7.47. The Hall–Kier alpha value is -1.81. The van der Waals surface area contributed by atoms with E-state index >= 15 is 0 Å². The van der Waals surface area contributed by atoms with Gasteiger partial charge in [-0.05, 0) is 26.3 Å². The first-order valence-electron chi connectivity index (χ1n) is 7.47. The zero-order valence-electron chi connectivity index (χ0n) is 12.7. The minimum Gasteiger partial charge on any atom is -0.460 e. The monoisotopic (exact) mass is 287 g/mol. The van der Waals surface area contributed by atoms with E-state index in [0.717, 1.165) is 16.7 Å². The van der Waals surface area contributed by atoms with Crippen LogP contribution in [0.3, 0.4) is 0 Å². The number of fused-ring (bicyclic) bond motifs is 1. The average Bonchev–Trinajstić information content (AvgIpc) is 2.96. The molecule has 21 heavy (non-hydrogen) atoms. The average molecular weight is 287 g/mol. The van der Waals surface area contributed by atoms with Crippen LogP contribution in [-0.4, -0.2) is 34.1 Å². The molecule has 4 heteroatoms. The standard InChI is InChI=1S/C17H21NO3/c1-4-12-15(11-7-5-6-8-13(11)21-12)16(20)18-10-9-14(19)17(18,2)3/h5-8,14,19H,4,9-10H2,1-3H3. The van der Waals surface area contributed by atoms with Gasteiger partial charge in [-0.2, -0.15) is 0 Å². The van der Waals surface area contributed by atoms with Crippen molar-refractivity contribution in [2.45, 2.75) is 45.3 Å². The van der Waals surface area contributed by atoms with Gasteiger partial charge in [0.15, 0.2) is 0 Å². The number of carbonyl (C=O) groups is 1. The molecule has 0 saturated carbocycles. The van der Waals surface area contributed by atoms with Crippen molar-refractivity contribution in [3.05, 3.63) is 35.6 Å². The first kappa shape index (κ1) is 14.1. The van der Waals surface area contributed by atoms with Crippen molar-refractivity contribution < 1.29 is 14.3 Å². The van der Waals surface area contributed by atoms with Crippen LogP contribution < -0.4 is 0 Å². The van der Waals surface area contributed by atoms with Gasteiger partial charge in [0.2, 0.25) is 0 Å². The highest BCUT2D eigenvalue weighted by molar-refractivity contribution is 6.07. The number of nitrogens with zero attached hydrogens (tertiary/aromatic N) is 1. The number of rotatable bonds is 2. The summed E-state index contributed by atoms with van der Waals surface area (Å²) in [4.78, 5) is 14.8. The number of hydrogen-bond donors (Lipinski definition) is 1. The van der Waals surface area contributed by atoms with E-state index in [1.54, 1.807) is 4.90 Å². The number of para-hydroxylation sites is 1. The van der Waals surface area contributed by atoms with Crippen molar-refractivity contribution in [3.63, 3.8) is 0 Å². The molecule has 2 heterocycles. The van der Waals surface area contributed by atoms with Gasteiger partial charge in [0, 0.05) is 18.4 Å². The van der Waals surface area contributed by atoms with Crippen molar-refractivity contribution in [1.29, 1.82) is 0 Å². The van der Waals surface area contributed by atoms with E-state index in [-0.39, 0.29) is 5.91 Å². The van der Waals surface area contributed by atoms with Crippen LogP contribution >= 0.6 is 0 Å². The lowest BCUT2D eigenvalue weighted by Crippen LogP contribution is -2.48. The maximum absolute atomic E-state index is 13.0. The van der Waals surface area contributed by atoms with Crippen LogP contribution in [0.4, 0.5) is 0 Å². The van der Waals surface area contributed by atoms with Crippen LogP contribution in [0, 0.1) is 0 Å². The zero-order valence-corrected chi connectivity index (χ0v) is 12.7. The molecule has 1 aromatic heterocycles. The van der Waals surface area contributed by atoms with Crippen LogP contribution in [0.5, 0.6) is 0 Å². The number of furan rings is 1. The fourth-order valence-electron chi connectivity index (χ4n) is 3.15. The van der Waals surface area contributed by atoms with E-state index < -0.39 is 11.6 Å².